The van der Waals surface area contributed by atoms with E-state index in [0.29, 0.717) is 11.4 Å². The number of rotatable bonds is 4. The van der Waals surface area contributed by atoms with Crippen LogP contribution in [0.25, 0.3) is 17.3 Å². The summed E-state index contributed by atoms with van der Waals surface area (Å²) in [6.45, 7) is 7.72. The Morgan fingerprint density at radius 2 is 1.96 bits per heavy atom. The SMILES string of the molecule is C=Cc1ccc(C)cc1-c1cnc(NC(=O)c2cnccc2C)cn1. The average molecular weight is 330 g/mol. The maximum absolute atomic E-state index is 12.3. The Kier molecular flexibility index (Phi) is 4.66. The molecule has 3 rings (SSSR count). The maximum Gasteiger partial charge on any atom is 0.258 e. The summed E-state index contributed by atoms with van der Waals surface area (Å²) in [4.78, 5) is 25.0. The summed E-state index contributed by atoms with van der Waals surface area (Å²) in [6.07, 6.45) is 8.17. The summed E-state index contributed by atoms with van der Waals surface area (Å²) < 4.78 is 0. The normalized spacial score (nSPS) is 10.3. The summed E-state index contributed by atoms with van der Waals surface area (Å²) in [7, 11) is 0. The molecule has 0 atom stereocenters. The zero-order valence-electron chi connectivity index (χ0n) is 14.2. The van der Waals surface area contributed by atoms with E-state index < -0.39 is 0 Å². The molecule has 3 aromatic rings. The first-order valence-electron chi connectivity index (χ1n) is 7.86. The minimum absolute atomic E-state index is 0.255. The van der Waals surface area contributed by atoms with Crippen molar-refractivity contribution in [2.24, 2.45) is 0 Å². The standard InChI is InChI=1S/C20H18N4O/c1-4-15-6-5-13(2)9-16(15)18-11-23-19(12-22-18)24-20(25)17-10-21-8-7-14(17)3/h4-12H,1H2,2-3H3,(H,23,24,25). The van der Waals surface area contributed by atoms with Crippen LogP contribution < -0.4 is 5.32 Å². The lowest BCUT2D eigenvalue weighted by molar-refractivity contribution is 0.102. The van der Waals surface area contributed by atoms with Gasteiger partial charge in [-0.3, -0.25) is 14.8 Å². The molecule has 0 aliphatic carbocycles. The molecule has 0 saturated carbocycles. The Labute approximate surface area is 146 Å². The number of hydrogen-bond donors (Lipinski definition) is 1. The van der Waals surface area contributed by atoms with Gasteiger partial charge in [0.25, 0.3) is 5.91 Å². The average Bonchev–Trinajstić information content (AvgIpc) is 2.62. The van der Waals surface area contributed by atoms with Gasteiger partial charge >= 0.3 is 0 Å². The lowest BCUT2D eigenvalue weighted by atomic mass is 10.0. The van der Waals surface area contributed by atoms with Gasteiger partial charge in [0.15, 0.2) is 5.82 Å². The molecule has 25 heavy (non-hydrogen) atoms. The van der Waals surface area contributed by atoms with Crippen LogP contribution in [0.5, 0.6) is 0 Å². The van der Waals surface area contributed by atoms with E-state index in [1.165, 1.54) is 6.20 Å². The van der Waals surface area contributed by atoms with Gasteiger partial charge in [0.1, 0.15) is 0 Å². The Morgan fingerprint density at radius 3 is 2.64 bits per heavy atom. The number of nitrogens with zero attached hydrogens (tertiary/aromatic N) is 3. The summed E-state index contributed by atoms with van der Waals surface area (Å²) in [6, 6.07) is 7.86. The van der Waals surface area contributed by atoms with Gasteiger partial charge < -0.3 is 5.32 Å². The lowest BCUT2D eigenvalue weighted by Crippen LogP contribution is -2.14. The highest BCUT2D eigenvalue weighted by Gasteiger charge is 2.11. The molecule has 0 spiro atoms. The zero-order chi connectivity index (χ0) is 17.8. The highest BCUT2D eigenvalue weighted by molar-refractivity contribution is 6.04. The fourth-order valence-electron chi connectivity index (χ4n) is 2.49. The molecule has 0 bridgehead atoms. The van der Waals surface area contributed by atoms with E-state index in [1.54, 1.807) is 30.7 Å². The van der Waals surface area contributed by atoms with Crippen molar-refractivity contribution < 1.29 is 4.79 Å². The molecule has 1 N–H and O–H groups in total. The third-order valence-electron chi connectivity index (χ3n) is 3.88. The van der Waals surface area contributed by atoms with Gasteiger partial charge in [-0.1, -0.05) is 30.4 Å². The van der Waals surface area contributed by atoms with Crippen LogP contribution in [0.2, 0.25) is 0 Å². The second-order valence-electron chi connectivity index (χ2n) is 5.73. The van der Waals surface area contributed by atoms with Gasteiger partial charge in [0.05, 0.1) is 23.7 Å². The lowest BCUT2D eigenvalue weighted by Gasteiger charge is -2.09. The van der Waals surface area contributed by atoms with Gasteiger partial charge in [-0.2, -0.15) is 0 Å². The highest BCUT2D eigenvalue weighted by Crippen LogP contribution is 2.24. The van der Waals surface area contributed by atoms with E-state index in [9.17, 15) is 4.79 Å². The van der Waals surface area contributed by atoms with Crippen molar-refractivity contribution in [3.63, 3.8) is 0 Å². The molecule has 1 aromatic carbocycles. The smallest absolute Gasteiger partial charge is 0.258 e. The van der Waals surface area contributed by atoms with Crippen LogP contribution in [-0.2, 0) is 0 Å². The van der Waals surface area contributed by atoms with Crippen molar-refractivity contribution in [2.75, 3.05) is 5.32 Å². The van der Waals surface area contributed by atoms with Gasteiger partial charge in [-0.25, -0.2) is 4.98 Å². The van der Waals surface area contributed by atoms with Crippen molar-refractivity contribution in [2.45, 2.75) is 13.8 Å². The number of aromatic nitrogens is 3. The number of benzene rings is 1. The van der Waals surface area contributed by atoms with Crippen LogP contribution >= 0.6 is 0 Å². The topological polar surface area (TPSA) is 67.8 Å². The summed E-state index contributed by atoms with van der Waals surface area (Å²) in [5.41, 5.74) is 5.18. The number of anilines is 1. The number of carbonyl (C=O) groups is 1. The third-order valence-corrected chi connectivity index (χ3v) is 3.88. The molecule has 0 unspecified atom stereocenters. The van der Waals surface area contributed by atoms with Crippen molar-refractivity contribution in [1.29, 1.82) is 0 Å². The van der Waals surface area contributed by atoms with E-state index in [0.717, 1.165) is 27.9 Å². The molecule has 0 aliphatic heterocycles. The molecule has 124 valence electrons. The first kappa shape index (κ1) is 16.5. The second-order valence-corrected chi connectivity index (χ2v) is 5.73. The molecule has 2 heterocycles. The Bertz CT molecular complexity index is 933. The van der Waals surface area contributed by atoms with Crippen LogP contribution in [0.1, 0.15) is 27.0 Å². The number of hydrogen-bond acceptors (Lipinski definition) is 4. The van der Waals surface area contributed by atoms with Crippen LogP contribution in [0.3, 0.4) is 0 Å². The molecule has 0 aliphatic rings. The largest absolute Gasteiger partial charge is 0.305 e. The summed E-state index contributed by atoms with van der Waals surface area (Å²) >= 11 is 0. The Hall–Kier alpha value is -3.34. The fourth-order valence-corrected chi connectivity index (χ4v) is 2.49. The van der Waals surface area contributed by atoms with E-state index in [2.05, 4.69) is 26.8 Å². The predicted octanol–water partition coefficient (Wildman–Crippen LogP) is 4.05. The molecule has 1 amide bonds. The van der Waals surface area contributed by atoms with Crippen LogP contribution in [0, 0.1) is 13.8 Å². The minimum atomic E-state index is -0.255. The second kappa shape index (κ2) is 7.05. The van der Waals surface area contributed by atoms with Crippen LogP contribution in [0.4, 0.5) is 5.82 Å². The molecule has 0 fully saturated rings. The molecule has 0 saturated heterocycles. The van der Waals surface area contributed by atoms with Gasteiger partial charge in [-0.15, -0.1) is 0 Å². The Balaban J connectivity index is 1.84. The van der Waals surface area contributed by atoms with E-state index in [4.69, 9.17) is 0 Å². The Morgan fingerprint density at radius 1 is 1.12 bits per heavy atom. The highest BCUT2D eigenvalue weighted by atomic mass is 16.1. The number of nitrogens with one attached hydrogen (secondary N) is 1. The monoisotopic (exact) mass is 330 g/mol. The quantitative estimate of drug-likeness (QED) is 0.783. The number of carbonyl (C=O) groups excluding carboxylic acids is 1. The van der Waals surface area contributed by atoms with Gasteiger partial charge in [-0.05, 0) is 37.1 Å². The number of pyridine rings is 1. The van der Waals surface area contributed by atoms with Gasteiger partial charge in [0, 0.05) is 18.0 Å². The molecular formula is C20H18N4O. The van der Waals surface area contributed by atoms with Crippen molar-refractivity contribution in [1.82, 2.24) is 15.0 Å². The molecule has 5 heteroatoms. The molecule has 0 radical (unpaired) electrons. The van der Waals surface area contributed by atoms with Crippen molar-refractivity contribution >= 4 is 17.8 Å². The maximum atomic E-state index is 12.3. The van der Waals surface area contributed by atoms with Crippen molar-refractivity contribution in [3.05, 3.63) is 77.9 Å². The van der Waals surface area contributed by atoms with E-state index in [-0.39, 0.29) is 5.91 Å². The first-order chi connectivity index (χ1) is 12.1. The zero-order valence-corrected chi connectivity index (χ0v) is 14.2. The van der Waals surface area contributed by atoms with Gasteiger partial charge in [0.2, 0.25) is 0 Å². The summed E-state index contributed by atoms with van der Waals surface area (Å²) in [5.74, 6) is 0.139. The molecule has 2 aromatic heterocycles. The third kappa shape index (κ3) is 3.61. The fraction of sp³-hybridized carbons (Fsp3) is 0.100. The molecular weight excluding hydrogens is 312 g/mol. The minimum Gasteiger partial charge on any atom is -0.305 e. The number of aryl methyl sites for hydroxylation is 2. The predicted molar refractivity (Wildman–Crippen MR) is 99.2 cm³/mol. The van der Waals surface area contributed by atoms with E-state index in [1.807, 2.05) is 32.0 Å². The number of amides is 1. The molecule has 5 nitrogen and oxygen atoms in total. The van der Waals surface area contributed by atoms with Crippen LogP contribution in [-0.4, -0.2) is 20.9 Å². The summed E-state index contributed by atoms with van der Waals surface area (Å²) in [5, 5.41) is 2.74. The van der Waals surface area contributed by atoms with Crippen LogP contribution in [0.15, 0.2) is 55.6 Å². The van der Waals surface area contributed by atoms with E-state index >= 15 is 0 Å². The first-order valence-corrected chi connectivity index (χ1v) is 7.86. The van der Waals surface area contributed by atoms with Crippen molar-refractivity contribution in [3.8, 4) is 11.3 Å².